The molecule has 2 rings (SSSR count). The number of carboxylic acids is 1. The normalized spacial score (nSPS) is 26.7. The van der Waals surface area contributed by atoms with Crippen LogP contribution in [0.25, 0.3) is 0 Å². The predicted molar refractivity (Wildman–Crippen MR) is 68.0 cm³/mol. The van der Waals surface area contributed by atoms with E-state index in [1.54, 1.807) is 0 Å². The second kappa shape index (κ2) is 4.97. The molecule has 0 radical (unpaired) electrons. The van der Waals surface area contributed by atoms with Crippen molar-refractivity contribution in [2.45, 2.75) is 58.4 Å². The van der Waals surface area contributed by atoms with Crippen LogP contribution in [0, 0.1) is 11.3 Å². The van der Waals surface area contributed by atoms with Crippen LogP contribution in [0.15, 0.2) is 0 Å². The Morgan fingerprint density at radius 1 is 1.41 bits per heavy atom. The van der Waals surface area contributed by atoms with Gasteiger partial charge in [0.15, 0.2) is 0 Å². The van der Waals surface area contributed by atoms with Gasteiger partial charge in [0.1, 0.15) is 0 Å². The molecule has 3 heteroatoms. The van der Waals surface area contributed by atoms with Crippen molar-refractivity contribution < 1.29 is 9.90 Å². The van der Waals surface area contributed by atoms with Crippen molar-refractivity contribution in [2.75, 3.05) is 13.1 Å². The number of carboxylic acid groups (broad SMARTS) is 1. The van der Waals surface area contributed by atoms with E-state index in [2.05, 4.69) is 11.8 Å². The number of nitrogens with zero attached hydrogens (tertiary/aromatic N) is 1. The van der Waals surface area contributed by atoms with Crippen molar-refractivity contribution in [3.8, 4) is 0 Å². The highest BCUT2D eigenvalue weighted by atomic mass is 16.4. The fourth-order valence-electron chi connectivity index (χ4n) is 3.10. The number of hydrogen-bond donors (Lipinski definition) is 1. The van der Waals surface area contributed by atoms with Gasteiger partial charge in [0.2, 0.25) is 0 Å². The van der Waals surface area contributed by atoms with Crippen LogP contribution in [-0.2, 0) is 4.79 Å². The van der Waals surface area contributed by atoms with Gasteiger partial charge in [0, 0.05) is 6.04 Å². The average Bonchev–Trinajstić information content (AvgIpc) is 3.12. The summed E-state index contributed by atoms with van der Waals surface area (Å²) >= 11 is 0. The summed E-state index contributed by atoms with van der Waals surface area (Å²) in [6.07, 6.45) is 6.56. The maximum absolute atomic E-state index is 11.4. The van der Waals surface area contributed by atoms with E-state index >= 15 is 0 Å². The summed E-state index contributed by atoms with van der Waals surface area (Å²) in [7, 11) is 0. The Kier molecular flexibility index (Phi) is 3.76. The zero-order valence-corrected chi connectivity index (χ0v) is 11.1. The first-order valence-corrected chi connectivity index (χ1v) is 7.05. The molecule has 98 valence electrons. The second-order valence-corrected chi connectivity index (χ2v) is 6.00. The van der Waals surface area contributed by atoms with Crippen molar-refractivity contribution in [1.82, 2.24) is 4.90 Å². The summed E-state index contributed by atoms with van der Waals surface area (Å²) in [6.45, 7) is 6.25. The van der Waals surface area contributed by atoms with Gasteiger partial charge in [0.25, 0.3) is 0 Å². The Labute approximate surface area is 104 Å². The molecule has 1 aliphatic heterocycles. The molecule has 2 aliphatic rings. The lowest BCUT2D eigenvalue weighted by molar-refractivity contribution is -0.152. The van der Waals surface area contributed by atoms with Gasteiger partial charge in [-0.1, -0.05) is 19.8 Å². The number of carbonyl (C=O) groups is 1. The molecule has 1 unspecified atom stereocenters. The van der Waals surface area contributed by atoms with E-state index in [-0.39, 0.29) is 0 Å². The molecule has 17 heavy (non-hydrogen) atoms. The molecule has 0 amide bonds. The first kappa shape index (κ1) is 12.9. The van der Waals surface area contributed by atoms with Crippen LogP contribution in [0.1, 0.15) is 52.4 Å². The van der Waals surface area contributed by atoms with Gasteiger partial charge in [-0.3, -0.25) is 4.79 Å². The Morgan fingerprint density at radius 2 is 2.00 bits per heavy atom. The third kappa shape index (κ3) is 2.82. The summed E-state index contributed by atoms with van der Waals surface area (Å²) in [6, 6.07) is 0.645. The molecule has 2 fully saturated rings. The van der Waals surface area contributed by atoms with Gasteiger partial charge in [-0.05, 0) is 51.6 Å². The number of likely N-dealkylation sites (tertiary alicyclic amines) is 1. The number of rotatable bonds is 5. The summed E-state index contributed by atoms with van der Waals surface area (Å²) in [5.74, 6) is 0.372. The topological polar surface area (TPSA) is 40.5 Å². The Hall–Kier alpha value is -0.570. The maximum atomic E-state index is 11.4. The second-order valence-electron chi connectivity index (χ2n) is 6.00. The van der Waals surface area contributed by atoms with Crippen LogP contribution >= 0.6 is 0 Å². The van der Waals surface area contributed by atoms with Crippen molar-refractivity contribution in [3.63, 3.8) is 0 Å². The van der Waals surface area contributed by atoms with Gasteiger partial charge in [-0.25, -0.2) is 0 Å². The zero-order chi connectivity index (χ0) is 12.5. The first-order valence-electron chi connectivity index (χ1n) is 7.05. The smallest absolute Gasteiger partial charge is 0.309 e. The standard InChI is InChI=1S/C14H25NO2/c1-3-14(13(16)17)6-8-15(9-7-14)11(2)10-12-4-5-12/h11-12H,3-10H2,1-2H3,(H,16,17). The molecular weight excluding hydrogens is 214 g/mol. The maximum Gasteiger partial charge on any atom is 0.309 e. The van der Waals surface area contributed by atoms with Crippen molar-refractivity contribution in [2.24, 2.45) is 11.3 Å². The zero-order valence-electron chi connectivity index (χ0n) is 11.1. The minimum Gasteiger partial charge on any atom is -0.481 e. The van der Waals surface area contributed by atoms with Crippen molar-refractivity contribution in [3.05, 3.63) is 0 Å². The minimum atomic E-state index is -0.588. The average molecular weight is 239 g/mol. The molecule has 0 aromatic heterocycles. The van der Waals surface area contributed by atoms with E-state index in [1.807, 2.05) is 6.92 Å². The lowest BCUT2D eigenvalue weighted by Crippen LogP contribution is -2.47. The number of aliphatic carboxylic acids is 1. The van der Waals surface area contributed by atoms with Crippen LogP contribution in [0.2, 0.25) is 0 Å². The van der Waals surface area contributed by atoms with Gasteiger partial charge in [-0.15, -0.1) is 0 Å². The lowest BCUT2D eigenvalue weighted by Gasteiger charge is -2.41. The highest BCUT2D eigenvalue weighted by Gasteiger charge is 2.40. The molecule has 1 heterocycles. The first-order chi connectivity index (χ1) is 8.07. The molecule has 0 aromatic rings. The van der Waals surface area contributed by atoms with E-state index in [1.165, 1.54) is 19.3 Å². The molecule has 1 N–H and O–H groups in total. The molecular formula is C14H25NO2. The van der Waals surface area contributed by atoms with Gasteiger partial charge in [-0.2, -0.15) is 0 Å². The molecule has 0 aromatic carbocycles. The summed E-state index contributed by atoms with van der Waals surface area (Å²) < 4.78 is 0. The molecule has 1 saturated heterocycles. The third-order valence-corrected chi connectivity index (χ3v) is 4.88. The molecule has 0 spiro atoms. The van der Waals surface area contributed by atoms with Crippen LogP contribution in [0.5, 0.6) is 0 Å². The molecule has 1 saturated carbocycles. The predicted octanol–water partition coefficient (Wildman–Crippen LogP) is 2.75. The number of hydrogen-bond acceptors (Lipinski definition) is 2. The molecule has 1 aliphatic carbocycles. The number of piperidine rings is 1. The fraction of sp³-hybridized carbons (Fsp3) is 0.929. The highest BCUT2D eigenvalue weighted by Crippen LogP contribution is 2.38. The largest absolute Gasteiger partial charge is 0.481 e. The van der Waals surface area contributed by atoms with E-state index < -0.39 is 11.4 Å². The Bertz CT molecular complexity index is 278. The van der Waals surface area contributed by atoms with Crippen molar-refractivity contribution in [1.29, 1.82) is 0 Å². The van der Waals surface area contributed by atoms with Crippen LogP contribution in [0.3, 0.4) is 0 Å². The SMILES string of the molecule is CCC1(C(=O)O)CCN(C(C)CC2CC2)CC1. The molecule has 0 bridgehead atoms. The minimum absolute atomic E-state index is 0.435. The van der Waals surface area contributed by atoms with Crippen molar-refractivity contribution >= 4 is 5.97 Å². The van der Waals surface area contributed by atoms with Crippen LogP contribution in [0.4, 0.5) is 0 Å². The summed E-state index contributed by atoms with van der Waals surface area (Å²) in [5, 5.41) is 9.35. The van der Waals surface area contributed by atoms with E-state index in [0.717, 1.165) is 38.3 Å². The molecule has 3 nitrogen and oxygen atoms in total. The summed E-state index contributed by atoms with van der Waals surface area (Å²) in [4.78, 5) is 13.8. The lowest BCUT2D eigenvalue weighted by atomic mass is 9.76. The van der Waals surface area contributed by atoms with Crippen LogP contribution < -0.4 is 0 Å². The van der Waals surface area contributed by atoms with E-state index in [0.29, 0.717) is 6.04 Å². The Morgan fingerprint density at radius 3 is 2.41 bits per heavy atom. The summed E-state index contributed by atoms with van der Waals surface area (Å²) in [5.41, 5.74) is -0.435. The Balaban J connectivity index is 1.85. The third-order valence-electron chi connectivity index (χ3n) is 4.88. The fourth-order valence-corrected chi connectivity index (χ4v) is 3.10. The van der Waals surface area contributed by atoms with Crippen LogP contribution in [-0.4, -0.2) is 35.1 Å². The molecule has 1 atom stereocenters. The van der Waals surface area contributed by atoms with Gasteiger partial charge >= 0.3 is 5.97 Å². The van der Waals surface area contributed by atoms with E-state index in [4.69, 9.17) is 0 Å². The highest BCUT2D eigenvalue weighted by molar-refractivity contribution is 5.74. The van der Waals surface area contributed by atoms with Gasteiger partial charge in [0.05, 0.1) is 5.41 Å². The van der Waals surface area contributed by atoms with E-state index in [9.17, 15) is 9.90 Å². The quantitative estimate of drug-likeness (QED) is 0.802. The monoisotopic (exact) mass is 239 g/mol. The van der Waals surface area contributed by atoms with Gasteiger partial charge < -0.3 is 10.0 Å².